The molecule has 0 aliphatic heterocycles. The van der Waals surface area contributed by atoms with E-state index >= 15 is 0 Å². The number of carbonyl (C=O) groups excluding carboxylic acids is 2. The highest BCUT2D eigenvalue weighted by Crippen LogP contribution is 2.23. The van der Waals surface area contributed by atoms with E-state index < -0.39 is 6.03 Å². The Morgan fingerprint density at radius 3 is 2.60 bits per heavy atom. The molecular formula is C13H20ClN3O2S. The van der Waals surface area contributed by atoms with Gasteiger partial charge in [-0.15, -0.1) is 11.3 Å². The average molecular weight is 318 g/mol. The lowest BCUT2D eigenvalue weighted by Gasteiger charge is -2.26. The first-order valence-corrected chi connectivity index (χ1v) is 7.74. The summed E-state index contributed by atoms with van der Waals surface area (Å²) < 4.78 is 0.732. The van der Waals surface area contributed by atoms with Crippen LogP contribution in [0.5, 0.6) is 0 Å². The first-order chi connectivity index (χ1) is 9.47. The molecule has 0 aliphatic carbocycles. The molecule has 112 valence electrons. The molecule has 1 aromatic rings. The topological polar surface area (TPSA) is 61.4 Å². The summed E-state index contributed by atoms with van der Waals surface area (Å²) in [7, 11) is 0. The molecule has 5 nitrogen and oxygen atoms in total. The van der Waals surface area contributed by atoms with Gasteiger partial charge in [0.25, 0.3) is 0 Å². The summed E-state index contributed by atoms with van der Waals surface area (Å²) in [4.78, 5) is 26.4. The molecule has 20 heavy (non-hydrogen) atoms. The summed E-state index contributed by atoms with van der Waals surface area (Å²) in [5, 5.41) is 4.87. The van der Waals surface area contributed by atoms with Crippen LogP contribution in [0.25, 0.3) is 0 Å². The molecule has 0 fully saturated rings. The van der Waals surface area contributed by atoms with Gasteiger partial charge in [-0.2, -0.15) is 0 Å². The SMILES string of the molecule is CCNC(=O)NC(=O)C(C)N(CC)Cc1ccc(Cl)s1. The lowest BCUT2D eigenvalue weighted by molar-refractivity contribution is -0.124. The summed E-state index contributed by atoms with van der Waals surface area (Å²) in [5.74, 6) is -0.305. The van der Waals surface area contributed by atoms with Gasteiger partial charge in [0.2, 0.25) is 5.91 Å². The van der Waals surface area contributed by atoms with E-state index in [1.54, 1.807) is 13.8 Å². The van der Waals surface area contributed by atoms with Gasteiger partial charge in [0.05, 0.1) is 10.4 Å². The van der Waals surface area contributed by atoms with Gasteiger partial charge in [-0.05, 0) is 32.5 Å². The van der Waals surface area contributed by atoms with Crippen molar-refractivity contribution in [3.05, 3.63) is 21.3 Å². The molecule has 0 radical (unpaired) electrons. The number of imide groups is 1. The van der Waals surface area contributed by atoms with E-state index in [0.717, 1.165) is 9.21 Å². The highest BCUT2D eigenvalue weighted by molar-refractivity contribution is 7.16. The predicted octanol–water partition coefficient (Wildman–Crippen LogP) is 2.46. The minimum absolute atomic E-state index is 0.305. The second-order valence-corrected chi connectivity index (χ2v) is 6.09. The predicted molar refractivity (Wildman–Crippen MR) is 82.1 cm³/mol. The maximum atomic E-state index is 12.0. The van der Waals surface area contributed by atoms with Gasteiger partial charge in [0.1, 0.15) is 0 Å². The molecule has 1 rings (SSSR count). The zero-order chi connectivity index (χ0) is 15.1. The van der Waals surface area contributed by atoms with E-state index in [4.69, 9.17) is 11.6 Å². The van der Waals surface area contributed by atoms with Crippen LogP contribution in [0.1, 0.15) is 25.6 Å². The van der Waals surface area contributed by atoms with Crippen LogP contribution in [-0.2, 0) is 11.3 Å². The van der Waals surface area contributed by atoms with Crippen LogP contribution in [0, 0.1) is 0 Å². The molecule has 0 spiro atoms. The number of likely N-dealkylation sites (N-methyl/N-ethyl adjacent to an activating group) is 1. The molecule has 1 aromatic heterocycles. The molecule has 7 heteroatoms. The maximum absolute atomic E-state index is 12.0. The van der Waals surface area contributed by atoms with Crippen molar-refractivity contribution in [2.75, 3.05) is 13.1 Å². The van der Waals surface area contributed by atoms with Crippen molar-refractivity contribution in [1.29, 1.82) is 0 Å². The van der Waals surface area contributed by atoms with Crippen molar-refractivity contribution in [3.63, 3.8) is 0 Å². The van der Waals surface area contributed by atoms with E-state index in [1.807, 2.05) is 24.0 Å². The molecule has 0 saturated carbocycles. The van der Waals surface area contributed by atoms with Gasteiger partial charge in [-0.1, -0.05) is 18.5 Å². The smallest absolute Gasteiger partial charge is 0.321 e. The van der Waals surface area contributed by atoms with Crippen LogP contribution in [0.2, 0.25) is 4.34 Å². The number of thiophene rings is 1. The Morgan fingerprint density at radius 1 is 1.40 bits per heavy atom. The van der Waals surface area contributed by atoms with E-state index in [1.165, 1.54) is 11.3 Å². The number of urea groups is 1. The fraction of sp³-hybridized carbons (Fsp3) is 0.538. The molecule has 0 saturated heterocycles. The summed E-state index contributed by atoms with van der Waals surface area (Å²) in [5.41, 5.74) is 0. The Kier molecular flexibility index (Phi) is 6.98. The number of nitrogens with zero attached hydrogens (tertiary/aromatic N) is 1. The summed E-state index contributed by atoms with van der Waals surface area (Å²) >= 11 is 7.40. The molecular weight excluding hydrogens is 298 g/mol. The Hall–Kier alpha value is -1.11. The molecule has 0 aromatic carbocycles. The van der Waals surface area contributed by atoms with Gasteiger partial charge in [0, 0.05) is 18.0 Å². The average Bonchev–Trinajstić information content (AvgIpc) is 2.80. The standard InChI is InChI=1S/C13H20ClN3O2S/c1-4-15-13(19)16-12(18)9(3)17(5-2)8-10-6-7-11(14)20-10/h6-7,9H,4-5,8H2,1-3H3,(H2,15,16,18,19). The van der Waals surface area contributed by atoms with Crippen LogP contribution in [0.3, 0.4) is 0 Å². The number of nitrogens with one attached hydrogen (secondary N) is 2. The molecule has 1 atom stereocenters. The van der Waals surface area contributed by atoms with Crippen molar-refractivity contribution < 1.29 is 9.59 Å². The third-order valence-electron chi connectivity index (χ3n) is 2.90. The van der Waals surface area contributed by atoms with Gasteiger partial charge in [0.15, 0.2) is 0 Å². The highest BCUT2D eigenvalue weighted by atomic mass is 35.5. The normalized spacial score (nSPS) is 12.2. The van der Waals surface area contributed by atoms with E-state index in [-0.39, 0.29) is 11.9 Å². The van der Waals surface area contributed by atoms with Gasteiger partial charge >= 0.3 is 6.03 Å². The molecule has 0 bridgehead atoms. The number of hydrogen-bond acceptors (Lipinski definition) is 4. The van der Waals surface area contributed by atoms with E-state index in [9.17, 15) is 9.59 Å². The Bertz CT molecular complexity index is 464. The fourth-order valence-electron chi connectivity index (χ4n) is 1.75. The van der Waals surface area contributed by atoms with Crippen molar-refractivity contribution in [2.45, 2.75) is 33.4 Å². The van der Waals surface area contributed by atoms with E-state index in [2.05, 4.69) is 10.6 Å². The van der Waals surface area contributed by atoms with E-state index in [0.29, 0.717) is 19.6 Å². The zero-order valence-corrected chi connectivity index (χ0v) is 13.5. The number of amides is 3. The summed E-state index contributed by atoms with van der Waals surface area (Å²) in [6, 6.07) is 2.95. The first kappa shape index (κ1) is 16.9. The zero-order valence-electron chi connectivity index (χ0n) is 11.9. The van der Waals surface area contributed by atoms with Crippen LogP contribution in [-0.4, -0.2) is 36.0 Å². The van der Waals surface area contributed by atoms with Crippen LogP contribution in [0.4, 0.5) is 4.79 Å². The quantitative estimate of drug-likeness (QED) is 0.847. The largest absolute Gasteiger partial charge is 0.338 e. The van der Waals surface area contributed by atoms with Crippen LogP contribution < -0.4 is 10.6 Å². The summed E-state index contributed by atoms with van der Waals surface area (Å²) in [6.07, 6.45) is 0. The second kappa shape index (κ2) is 8.24. The van der Waals surface area contributed by atoms with Gasteiger partial charge in [-0.3, -0.25) is 15.0 Å². The van der Waals surface area contributed by atoms with Gasteiger partial charge < -0.3 is 5.32 Å². The molecule has 2 N–H and O–H groups in total. The van der Waals surface area contributed by atoms with Crippen LogP contribution in [0.15, 0.2) is 12.1 Å². The number of rotatable bonds is 6. The first-order valence-electron chi connectivity index (χ1n) is 6.54. The van der Waals surface area contributed by atoms with Crippen LogP contribution >= 0.6 is 22.9 Å². The minimum atomic E-state index is -0.459. The van der Waals surface area contributed by atoms with Gasteiger partial charge in [-0.25, -0.2) is 4.79 Å². The number of halogens is 1. The molecule has 0 aliphatic rings. The monoisotopic (exact) mass is 317 g/mol. The highest BCUT2D eigenvalue weighted by Gasteiger charge is 2.22. The minimum Gasteiger partial charge on any atom is -0.338 e. The third kappa shape index (κ3) is 5.11. The molecule has 1 unspecified atom stereocenters. The summed E-state index contributed by atoms with van der Waals surface area (Å²) in [6.45, 7) is 7.39. The fourth-order valence-corrected chi connectivity index (χ4v) is 2.86. The molecule has 3 amide bonds. The lowest BCUT2D eigenvalue weighted by atomic mass is 10.2. The van der Waals surface area contributed by atoms with Crippen molar-refractivity contribution in [3.8, 4) is 0 Å². The number of carbonyl (C=O) groups is 2. The molecule has 1 heterocycles. The lowest BCUT2D eigenvalue weighted by Crippen LogP contribution is -2.49. The third-order valence-corrected chi connectivity index (χ3v) is 4.11. The Balaban J connectivity index is 2.59. The van der Waals surface area contributed by atoms with Crippen molar-refractivity contribution >= 4 is 34.9 Å². The maximum Gasteiger partial charge on any atom is 0.321 e. The Morgan fingerprint density at radius 2 is 2.10 bits per heavy atom. The van der Waals surface area contributed by atoms with Crippen molar-refractivity contribution in [1.82, 2.24) is 15.5 Å². The Labute approximate surface area is 128 Å². The van der Waals surface area contributed by atoms with Crippen molar-refractivity contribution in [2.24, 2.45) is 0 Å². The second-order valence-electron chi connectivity index (χ2n) is 4.29. The number of hydrogen-bond donors (Lipinski definition) is 2.